The van der Waals surface area contributed by atoms with Gasteiger partial charge in [0.05, 0.1) is 11.5 Å². The Morgan fingerprint density at radius 3 is 2.80 bits per heavy atom. The second-order valence-electron chi connectivity index (χ2n) is 5.51. The summed E-state index contributed by atoms with van der Waals surface area (Å²) in [4.78, 5) is 14.6. The van der Waals surface area contributed by atoms with E-state index < -0.39 is 16.3 Å². The van der Waals surface area contributed by atoms with Gasteiger partial charge < -0.3 is 10.5 Å². The van der Waals surface area contributed by atoms with Crippen molar-refractivity contribution in [3.8, 4) is 0 Å². The lowest BCUT2D eigenvalue weighted by atomic mass is 9.76. The lowest BCUT2D eigenvalue weighted by Crippen LogP contribution is -2.43. The molecular weight excluding hydrogens is 265 g/mol. The molecule has 3 rings (SSSR count). The van der Waals surface area contributed by atoms with Gasteiger partial charge in [-0.1, -0.05) is 0 Å². The second kappa shape index (κ2) is 3.91. The number of hydrogen-bond donors (Lipinski definition) is 1. The minimum atomic E-state index is -0.925. The average molecular weight is 279 g/mol. The molecule has 1 spiro atoms. The topological polar surface area (TPSA) is 90.8 Å². The molecule has 0 amide bonds. The maximum absolute atomic E-state index is 14.2. The molecule has 0 radical (unpaired) electrons. The number of rotatable bonds is 2. The molecular formula is C13H14FN3O3. The van der Waals surface area contributed by atoms with E-state index in [-0.39, 0.29) is 22.7 Å². The highest BCUT2D eigenvalue weighted by atomic mass is 19.1. The maximum atomic E-state index is 14.2. The maximum Gasteiger partial charge on any atom is 0.282 e. The first-order valence-electron chi connectivity index (χ1n) is 6.31. The largest absolute Gasteiger partial charge is 0.465 e. The molecule has 1 saturated carbocycles. The highest BCUT2D eigenvalue weighted by Gasteiger charge is 2.61. The molecule has 20 heavy (non-hydrogen) atoms. The fourth-order valence-corrected chi connectivity index (χ4v) is 2.85. The highest BCUT2D eigenvalue weighted by molar-refractivity contribution is 5.73. The average Bonchev–Trinajstić information content (AvgIpc) is 3.16. The summed E-state index contributed by atoms with van der Waals surface area (Å²) >= 11 is 0. The van der Waals surface area contributed by atoms with Gasteiger partial charge in [0.1, 0.15) is 11.4 Å². The minimum absolute atomic E-state index is 0.00377. The molecule has 0 aromatic heterocycles. The van der Waals surface area contributed by atoms with Gasteiger partial charge in [-0.05, 0) is 25.8 Å². The van der Waals surface area contributed by atoms with Crippen molar-refractivity contribution in [1.29, 1.82) is 0 Å². The van der Waals surface area contributed by atoms with E-state index in [4.69, 9.17) is 10.5 Å². The van der Waals surface area contributed by atoms with Crippen molar-refractivity contribution in [2.24, 2.45) is 16.1 Å². The quantitative estimate of drug-likeness (QED) is 0.662. The fourth-order valence-electron chi connectivity index (χ4n) is 2.85. The van der Waals surface area contributed by atoms with Crippen LogP contribution in [0.5, 0.6) is 0 Å². The van der Waals surface area contributed by atoms with Crippen LogP contribution >= 0.6 is 0 Å². The molecule has 2 N–H and O–H groups in total. The Morgan fingerprint density at radius 1 is 1.50 bits per heavy atom. The number of non-ortho nitro benzene ring substituents is 1. The Kier molecular flexibility index (Phi) is 2.51. The first kappa shape index (κ1) is 12.8. The number of nitrogens with two attached hydrogens (primary N) is 1. The van der Waals surface area contributed by atoms with Crippen LogP contribution in [0.25, 0.3) is 0 Å². The predicted octanol–water partition coefficient (Wildman–Crippen LogP) is 2.07. The third kappa shape index (κ3) is 1.65. The zero-order chi connectivity index (χ0) is 14.5. The Bertz CT molecular complexity index is 627. The van der Waals surface area contributed by atoms with Crippen LogP contribution in [0, 0.1) is 21.3 Å². The Labute approximate surface area is 114 Å². The van der Waals surface area contributed by atoms with E-state index in [1.54, 1.807) is 6.92 Å². The van der Waals surface area contributed by atoms with Gasteiger partial charge in [-0.2, -0.15) is 0 Å². The van der Waals surface area contributed by atoms with Crippen LogP contribution in [-0.4, -0.2) is 17.6 Å². The Morgan fingerprint density at radius 2 is 2.20 bits per heavy atom. The number of aliphatic imine (C=N–C) groups is 1. The second-order valence-corrected chi connectivity index (χ2v) is 5.51. The standard InChI is InChI=1S/C13H14FN3O3/c1-12(13(4-5-13)7-20-11(15)16-12)9-6-8(17(18)19)2-3-10(9)14/h2-3,6H,4-5,7H2,1H3,(H2,15,16). The van der Waals surface area contributed by atoms with Crippen molar-refractivity contribution in [3.05, 3.63) is 39.7 Å². The number of hydrogen-bond acceptors (Lipinski definition) is 5. The molecule has 1 aromatic rings. The molecule has 1 aliphatic heterocycles. The van der Waals surface area contributed by atoms with Crippen LogP contribution in [-0.2, 0) is 10.3 Å². The van der Waals surface area contributed by atoms with Gasteiger partial charge in [-0.3, -0.25) is 10.1 Å². The van der Waals surface area contributed by atoms with Gasteiger partial charge >= 0.3 is 0 Å². The number of nitrogens with zero attached hydrogens (tertiary/aromatic N) is 2. The number of amidine groups is 1. The van der Waals surface area contributed by atoms with Crippen molar-refractivity contribution in [2.45, 2.75) is 25.3 Å². The van der Waals surface area contributed by atoms with Crippen molar-refractivity contribution >= 4 is 11.7 Å². The molecule has 0 saturated heterocycles. The lowest BCUT2D eigenvalue weighted by Gasteiger charge is -2.38. The van der Waals surface area contributed by atoms with Crippen LogP contribution < -0.4 is 5.73 Å². The molecule has 7 heteroatoms. The Hall–Kier alpha value is -2.18. The lowest BCUT2D eigenvalue weighted by molar-refractivity contribution is -0.385. The Balaban J connectivity index is 2.17. The van der Waals surface area contributed by atoms with Crippen molar-refractivity contribution in [3.63, 3.8) is 0 Å². The molecule has 1 atom stereocenters. The van der Waals surface area contributed by atoms with Crippen molar-refractivity contribution in [2.75, 3.05) is 6.61 Å². The molecule has 106 valence electrons. The summed E-state index contributed by atoms with van der Waals surface area (Å²) in [5.41, 5.74) is 4.43. The molecule has 2 aliphatic rings. The third-order valence-electron chi connectivity index (χ3n) is 4.40. The van der Waals surface area contributed by atoms with Gasteiger partial charge in [-0.15, -0.1) is 0 Å². The van der Waals surface area contributed by atoms with Gasteiger partial charge in [0.25, 0.3) is 11.7 Å². The van der Waals surface area contributed by atoms with E-state index in [1.165, 1.54) is 6.07 Å². The van der Waals surface area contributed by atoms with Crippen molar-refractivity contribution in [1.82, 2.24) is 0 Å². The summed E-state index contributed by atoms with van der Waals surface area (Å²) in [7, 11) is 0. The normalized spacial score (nSPS) is 26.8. The van der Waals surface area contributed by atoms with Crippen molar-refractivity contribution < 1.29 is 14.1 Å². The number of benzene rings is 1. The molecule has 1 aromatic carbocycles. The van der Waals surface area contributed by atoms with E-state index in [9.17, 15) is 14.5 Å². The summed E-state index contributed by atoms with van der Waals surface area (Å²) < 4.78 is 19.4. The summed E-state index contributed by atoms with van der Waals surface area (Å²) in [6.45, 7) is 2.12. The van der Waals surface area contributed by atoms with Crippen LogP contribution in [0.15, 0.2) is 23.2 Å². The molecule has 1 unspecified atom stereocenters. The number of ether oxygens (including phenoxy) is 1. The molecule has 1 aliphatic carbocycles. The van der Waals surface area contributed by atoms with Gasteiger partial charge in [-0.25, -0.2) is 9.38 Å². The monoisotopic (exact) mass is 279 g/mol. The van der Waals surface area contributed by atoms with Crippen LogP contribution in [0.3, 0.4) is 0 Å². The zero-order valence-electron chi connectivity index (χ0n) is 10.9. The molecule has 1 fully saturated rings. The number of halogens is 1. The first-order valence-corrected chi connectivity index (χ1v) is 6.31. The van der Waals surface area contributed by atoms with Crippen LogP contribution in [0.2, 0.25) is 0 Å². The van der Waals surface area contributed by atoms with E-state index >= 15 is 0 Å². The third-order valence-corrected chi connectivity index (χ3v) is 4.40. The van der Waals surface area contributed by atoms with Crippen LogP contribution in [0.4, 0.5) is 10.1 Å². The molecule has 0 bridgehead atoms. The minimum Gasteiger partial charge on any atom is -0.465 e. The summed E-state index contributed by atoms with van der Waals surface area (Å²) in [6, 6.07) is 3.50. The molecule has 1 heterocycles. The van der Waals surface area contributed by atoms with Gasteiger partial charge in [0.2, 0.25) is 0 Å². The van der Waals surface area contributed by atoms with Gasteiger partial charge in [0.15, 0.2) is 0 Å². The number of nitro groups is 1. The van der Waals surface area contributed by atoms with E-state index in [1.807, 2.05) is 0 Å². The predicted molar refractivity (Wildman–Crippen MR) is 69.6 cm³/mol. The summed E-state index contributed by atoms with van der Waals surface area (Å²) in [5, 5.41) is 10.9. The zero-order valence-corrected chi connectivity index (χ0v) is 10.9. The number of nitro benzene ring substituents is 1. The smallest absolute Gasteiger partial charge is 0.282 e. The van der Waals surface area contributed by atoms with E-state index in [2.05, 4.69) is 4.99 Å². The summed E-state index contributed by atoms with van der Waals surface area (Å²) in [5.74, 6) is -0.511. The first-order chi connectivity index (χ1) is 9.38. The SMILES string of the molecule is CC1(c2cc([N+](=O)[O-])ccc2F)N=C(N)OCC12CC2. The van der Waals surface area contributed by atoms with E-state index in [0.29, 0.717) is 6.61 Å². The fraction of sp³-hybridized carbons (Fsp3) is 0.462. The van der Waals surface area contributed by atoms with Crippen LogP contribution in [0.1, 0.15) is 25.3 Å². The highest BCUT2D eigenvalue weighted by Crippen LogP contribution is 2.62. The van der Waals surface area contributed by atoms with E-state index in [0.717, 1.165) is 25.0 Å². The van der Waals surface area contributed by atoms with Gasteiger partial charge in [0, 0.05) is 23.1 Å². The molecule has 6 nitrogen and oxygen atoms in total. The summed E-state index contributed by atoms with van der Waals surface area (Å²) in [6.07, 6.45) is 1.67.